The van der Waals surface area contributed by atoms with E-state index in [1.165, 1.54) is 0 Å². The number of nitrogens with one attached hydrogen (secondary N) is 2. The third kappa shape index (κ3) is 4.03. The van der Waals surface area contributed by atoms with Crippen molar-refractivity contribution in [3.05, 3.63) is 23.8 Å². The fourth-order valence-corrected chi connectivity index (χ4v) is 1.88. The van der Waals surface area contributed by atoms with Crippen LogP contribution >= 0.6 is 0 Å². The molecule has 1 aromatic rings. The minimum Gasteiger partial charge on any atom is -0.454 e. The highest BCUT2D eigenvalue weighted by molar-refractivity contribution is 5.79. The third-order valence-corrected chi connectivity index (χ3v) is 2.94. The molecule has 2 N–H and O–H groups in total. The molecule has 1 aliphatic rings. The first-order valence-electron chi connectivity index (χ1n) is 6.65. The van der Waals surface area contributed by atoms with Crippen LogP contribution in [0.15, 0.2) is 23.2 Å². The van der Waals surface area contributed by atoms with E-state index in [0.717, 1.165) is 42.6 Å². The van der Waals surface area contributed by atoms with Gasteiger partial charge in [0.1, 0.15) is 0 Å². The van der Waals surface area contributed by atoms with Crippen molar-refractivity contribution < 1.29 is 14.2 Å². The SMILES string of the molecule is CN=C(NCCCOC)NCc1ccc2c(c1)OCO2. The molecule has 0 aromatic heterocycles. The van der Waals surface area contributed by atoms with E-state index in [-0.39, 0.29) is 0 Å². The Morgan fingerprint density at radius 1 is 1.30 bits per heavy atom. The van der Waals surface area contributed by atoms with Crippen LogP contribution in [0.3, 0.4) is 0 Å². The summed E-state index contributed by atoms with van der Waals surface area (Å²) in [5.74, 6) is 2.38. The fraction of sp³-hybridized carbons (Fsp3) is 0.500. The lowest BCUT2D eigenvalue weighted by Crippen LogP contribution is -2.37. The lowest BCUT2D eigenvalue weighted by Gasteiger charge is -2.12. The topological polar surface area (TPSA) is 64.1 Å². The zero-order valence-corrected chi connectivity index (χ0v) is 11.9. The first-order chi connectivity index (χ1) is 9.83. The minimum atomic E-state index is 0.301. The molecule has 1 aliphatic heterocycles. The highest BCUT2D eigenvalue weighted by atomic mass is 16.7. The molecular weight excluding hydrogens is 258 g/mol. The van der Waals surface area contributed by atoms with Gasteiger partial charge in [0.2, 0.25) is 6.79 Å². The van der Waals surface area contributed by atoms with E-state index >= 15 is 0 Å². The largest absolute Gasteiger partial charge is 0.454 e. The van der Waals surface area contributed by atoms with Crippen LogP contribution in [0.4, 0.5) is 0 Å². The summed E-state index contributed by atoms with van der Waals surface area (Å²) >= 11 is 0. The van der Waals surface area contributed by atoms with Crippen molar-refractivity contribution in [2.24, 2.45) is 4.99 Å². The first-order valence-corrected chi connectivity index (χ1v) is 6.65. The van der Waals surface area contributed by atoms with E-state index in [0.29, 0.717) is 13.3 Å². The lowest BCUT2D eigenvalue weighted by molar-refractivity contribution is 0.174. The van der Waals surface area contributed by atoms with E-state index in [4.69, 9.17) is 14.2 Å². The van der Waals surface area contributed by atoms with Gasteiger partial charge in [-0.1, -0.05) is 6.07 Å². The van der Waals surface area contributed by atoms with Crippen LogP contribution in [0.1, 0.15) is 12.0 Å². The molecule has 2 rings (SSSR count). The number of nitrogens with zero attached hydrogens (tertiary/aromatic N) is 1. The maximum atomic E-state index is 5.35. The van der Waals surface area contributed by atoms with E-state index in [1.807, 2.05) is 18.2 Å². The van der Waals surface area contributed by atoms with Crippen molar-refractivity contribution in [1.82, 2.24) is 10.6 Å². The second-order valence-electron chi connectivity index (χ2n) is 4.39. The second kappa shape index (κ2) is 7.59. The predicted octanol–water partition coefficient (Wildman–Crippen LogP) is 1.12. The molecule has 0 amide bonds. The standard InChI is InChI=1S/C14H21N3O3/c1-15-14(16-6-3-7-18-2)17-9-11-4-5-12-13(8-11)20-10-19-12/h4-5,8H,3,6-7,9-10H2,1-2H3,(H2,15,16,17). The molecule has 6 nitrogen and oxygen atoms in total. The second-order valence-corrected chi connectivity index (χ2v) is 4.39. The summed E-state index contributed by atoms with van der Waals surface area (Å²) in [4.78, 5) is 4.17. The molecule has 0 unspecified atom stereocenters. The van der Waals surface area contributed by atoms with E-state index in [9.17, 15) is 0 Å². The van der Waals surface area contributed by atoms with Crippen molar-refractivity contribution in [3.8, 4) is 11.5 Å². The first kappa shape index (κ1) is 14.5. The number of guanidine groups is 1. The summed E-state index contributed by atoms with van der Waals surface area (Å²) < 4.78 is 15.6. The maximum absolute atomic E-state index is 5.35. The number of rotatable bonds is 6. The predicted molar refractivity (Wildman–Crippen MR) is 77.3 cm³/mol. The van der Waals surface area contributed by atoms with Gasteiger partial charge in [-0.15, -0.1) is 0 Å². The zero-order chi connectivity index (χ0) is 14.2. The summed E-state index contributed by atoms with van der Waals surface area (Å²) in [6, 6.07) is 5.92. The number of fused-ring (bicyclic) bond motifs is 1. The van der Waals surface area contributed by atoms with Crippen LogP contribution in [0.5, 0.6) is 11.5 Å². The Kier molecular flexibility index (Phi) is 5.49. The van der Waals surface area contributed by atoms with Crippen LogP contribution in [-0.2, 0) is 11.3 Å². The normalized spacial score (nSPS) is 13.4. The van der Waals surface area contributed by atoms with E-state index < -0.39 is 0 Å². The molecule has 0 saturated heterocycles. The van der Waals surface area contributed by atoms with Crippen LogP contribution in [0, 0.1) is 0 Å². The van der Waals surface area contributed by atoms with Gasteiger partial charge in [0.15, 0.2) is 17.5 Å². The maximum Gasteiger partial charge on any atom is 0.231 e. The molecule has 110 valence electrons. The summed E-state index contributed by atoms with van der Waals surface area (Å²) in [6.45, 7) is 2.55. The molecule has 0 bridgehead atoms. The Labute approximate surface area is 119 Å². The summed E-state index contributed by atoms with van der Waals surface area (Å²) in [7, 11) is 3.46. The molecular formula is C14H21N3O3. The number of benzene rings is 1. The number of hydrogen-bond acceptors (Lipinski definition) is 4. The molecule has 0 saturated carbocycles. The van der Waals surface area contributed by atoms with Gasteiger partial charge in [0, 0.05) is 33.9 Å². The Morgan fingerprint density at radius 2 is 2.15 bits per heavy atom. The smallest absolute Gasteiger partial charge is 0.231 e. The molecule has 0 atom stereocenters. The van der Waals surface area contributed by atoms with E-state index in [2.05, 4.69) is 15.6 Å². The minimum absolute atomic E-state index is 0.301. The Balaban J connectivity index is 1.78. The van der Waals surface area contributed by atoms with Gasteiger partial charge in [-0.05, 0) is 24.1 Å². The van der Waals surface area contributed by atoms with Crippen molar-refractivity contribution in [2.45, 2.75) is 13.0 Å². The van der Waals surface area contributed by atoms with E-state index in [1.54, 1.807) is 14.2 Å². The van der Waals surface area contributed by atoms with Crippen LogP contribution in [0.25, 0.3) is 0 Å². The van der Waals surface area contributed by atoms with Crippen molar-refractivity contribution in [3.63, 3.8) is 0 Å². The quantitative estimate of drug-likeness (QED) is 0.464. The molecule has 0 radical (unpaired) electrons. The monoisotopic (exact) mass is 279 g/mol. The number of ether oxygens (including phenoxy) is 3. The van der Waals surface area contributed by atoms with Crippen LogP contribution in [0.2, 0.25) is 0 Å². The average molecular weight is 279 g/mol. The van der Waals surface area contributed by atoms with Gasteiger partial charge in [-0.2, -0.15) is 0 Å². The molecule has 0 fully saturated rings. The third-order valence-electron chi connectivity index (χ3n) is 2.94. The Hall–Kier alpha value is -1.95. The van der Waals surface area contributed by atoms with Gasteiger partial charge in [-0.25, -0.2) is 0 Å². The highest BCUT2D eigenvalue weighted by Crippen LogP contribution is 2.32. The number of aliphatic imine (C=N–C) groups is 1. The molecule has 0 aliphatic carbocycles. The number of hydrogen-bond donors (Lipinski definition) is 2. The van der Waals surface area contributed by atoms with Crippen molar-refractivity contribution >= 4 is 5.96 Å². The fourth-order valence-electron chi connectivity index (χ4n) is 1.88. The van der Waals surface area contributed by atoms with Gasteiger partial charge in [-0.3, -0.25) is 4.99 Å². The van der Waals surface area contributed by atoms with Gasteiger partial charge in [0.05, 0.1) is 0 Å². The Bertz CT molecular complexity index is 463. The summed E-state index contributed by atoms with van der Waals surface area (Å²) in [5, 5.41) is 6.49. The summed E-state index contributed by atoms with van der Waals surface area (Å²) in [5.41, 5.74) is 1.12. The van der Waals surface area contributed by atoms with Gasteiger partial charge >= 0.3 is 0 Å². The zero-order valence-electron chi connectivity index (χ0n) is 11.9. The lowest BCUT2D eigenvalue weighted by atomic mass is 10.2. The molecule has 20 heavy (non-hydrogen) atoms. The molecule has 1 heterocycles. The molecule has 1 aromatic carbocycles. The van der Waals surface area contributed by atoms with Crippen molar-refractivity contribution in [2.75, 3.05) is 34.1 Å². The van der Waals surface area contributed by atoms with Crippen molar-refractivity contribution in [1.29, 1.82) is 0 Å². The van der Waals surface area contributed by atoms with Gasteiger partial charge < -0.3 is 24.8 Å². The Morgan fingerprint density at radius 3 is 2.95 bits per heavy atom. The average Bonchev–Trinajstić information content (AvgIpc) is 2.94. The number of methoxy groups -OCH3 is 1. The summed E-state index contributed by atoms with van der Waals surface area (Å²) in [6.07, 6.45) is 0.946. The molecule has 0 spiro atoms. The highest BCUT2D eigenvalue weighted by Gasteiger charge is 2.13. The van der Waals surface area contributed by atoms with Gasteiger partial charge in [0.25, 0.3) is 0 Å². The van der Waals surface area contributed by atoms with Crippen LogP contribution in [-0.4, -0.2) is 40.1 Å². The molecule has 6 heteroatoms. The van der Waals surface area contributed by atoms with Crippen LogP contribution < -0.4 is 20.1 Å².